The highest BCUT2D eigenvalue weighted by molar-refractivity contribution is 7.19. The summed E-state index contributed by atoms with van der Waals surface area (Å²) >= 11 is 1.94. The van der Waals surface area contributed by atoms with E-state index in [4.69, 9.17) is 9.40 Å². The van der Waals surface area contributed by atoms with Crippen LogP contribution in [-0.4, -0.2) is 4.98 Å². The fraction of sp³-hybridized carbons (Fsp3) is 0.476. The predicted molar refractivity (Wildman–Crippen MR) is 99.7 cm³/mol. The van der Waals surface area contributed by atoms with Crippen LogP contribution in [0.3, 0.4) is 0 Å². The van der Waals surface area contributed by atoms with Gasteiger partial charge in [-0.15, -0.1) is 11.3 Å². The van der Waals surface area contributed by atoms with Crippen LogP contribution in [0.4, 0.5) is 0 Å². The smallest absolute Gasteiger partial charge is 0.134 e. The molecule has 2 aliphatic rings. The molecule has 5 rings (SSSR count). The van der Waals surface area contributed by atoms with Crippen molar-refractivity contribution in [2.75, 3.05) is 0 Å². The van der Waals surface area contributed by atoms with Gasteiger partial charge in [0.05, 0.1) is 6.26 Å². The average molecular weight is 373 g/mol. The first-order valence-electron chi connectivity index (χ1n) is 9.20. The Labute approximate surface area is 159 Å². The number of hydrogen-bond donors (Lipinski definition) is 0. The molecule has 2 aliphatic carbocycles. The van der Waals surface area contributed by atoms with Crippen LogP contribution >= 0.6 is 11.3 Å². The molecule has 0 amide bonds. The second-order valence-corrected chi connectivity index (χ2v) is 8.85. The van der Waals surface area contributed by atoms with Gasteiger partial charge in [-0.25, -0.2) is 4.98 Å². The first-order valence-corrected chi connectivity index (χ1v) is 10.0. The molecule has 0 saturated heterocycles. The molecule has 0 aliphatic heterocycles. The molecule has 2 unspecified atom stereocenters. The predicted octanol–water partition coefficient (Wildman–Crippen LogP) is 2.81. The van der Waals surface area contributed by atoms with Crippen molar-refractivity contribution in [1.82, 2.24) is 4.98 Å². The lowest BCUT2D eigenvalue weighted by molar-refractivity contribution is -0.00000542. The van der Waals surface area contributed by atoms with Crippen molar-refractivity contribution in [3.63, 3.8) is 0 Å². The summed E-state index contributed by atoms with van der Waals surface area (Å²) in [5.74, 6) is 2.57. The second kappa shape index (κ2) is 6.44. The van der Waals surface area contributed by atoms with Crippen molar-refractivity contribution in [2.45, 2.75) is 52.4 Å². The zero-order chi connectivity index (χ0) is 16.3. The number of pyridine rings is 1. The minimum Gasteiger partial charge on any atom is -1.00 e. The lowest BCUT2D eigenvalue weighted by Crippen LogP contribution is -3.00. The highest BCUT2D eigenvalue weighted by Gasteiger charge is 2.29. The lowest BCUT2D eigenvalue weighted by atomic mass is 9.82. The zero-order valence-electron chi connectivity index (χ0n) is 14.8. The van der Waals surface area contributed by atoms with Crippen molar-refractivity contribution in [3.8, 4) is 11.3 Å². The van der Waals surface area contributed by atoms with E-state index in [1.54, 1.807) is 16.7 Å². The van der Waals surface area contributed by atoms with Gasteiger partial charge in [0.25, 0.3) is 0 Å². The number of hydrogen-bond acceptors (Lipinski definition) is 3. The van der Waals surface area contributed by atoms with Crippen molar-refractivity contribution >= 4 is 21.6 Å². The SMILES string of the molecule is CC1CCc2c(sc3nc4c(c(-c5ccco5)c23)CC(C)CC4)C1.[Cl-]. The van der Waals surface area contributed by atoms with Crippen molar-refractivity contribution in [3.05, 3.63) is 40.1 Å². The van der Waals surface area contributed by atoms with Crippen LogP contribution in [0.5, 0.6) is 0 Å². The highest BCUT2D eigenvalue weighted by atomic mass is 35.5. The summed E-state index contributed by atoms with van der Waals surface area (Å²) in [6.07, 6.45) is 9.01. The van der Waals surface area contributed by atoms with Gasteiger partial charge < -0.3 is 16.8 Å². The zero-order valence-corrected chi connectivity index (χ0v) is 16.3. The van der Waals surface area contributed by atoms with E-state index in [0.717, 1.165) is 30.4 Å². The molecule has 3 aromatic heterocycles. The third-order valence-corrected chi connectivity index (χ3v) is 6.97. The minimum absolute atomic E-state index is 0. The second-order valence-electron chi connectivity index (χ2n) is 7.77. The summed E-state index contributed by atoms with van der Waals surface area (Å²) < 4.78 is 5.89. The van der Waals surface area contributed by atoms with Gasteiger partial charge in [0, 0.05) is 21.5 Å². The largest absolute Gasteiger partial charge is 1.00 e. The standard InChI is InChI=1S/C21H23NOS.ClH/c1-12-6-8-16-15(10-12)19(17-4-3-9-23-17)20-14-7-5-13(2)11-18(14)24-21(20)22-16;/h3-4,9,12-13H,5-8,10-11H2,1-2H3;1H/p-1. The molecule has 0 radical (unpaired) electrons. The number of halogens is 1. The Kier molecular flexibility index (Phi) is 4.41. The van der Waals surface area contributed by atoms with Crippen LogP contribution in [-0.2, 0) is 25.7 Å². The molecule has 2 nitrogen and oxygen atoms in total. The Morgan fingerprint density at radius 3 is 2.68 bits per heavy atom. The normalized spacial score (nSPS) is 22.3. The van der Waals surface area contributed by atoms with E-state index in [-0.39, 0.29) is 12.4 Å². The summed E-state index contributed by atoms with van der Waals surface area (Å²) in [4.78, 5) is 7.94. The number of nitrogens with zero attached hydrogens (tertiary/aromatic N) is 1. The molecule has 0 N–H and O–H groups in total. The van der Waals surface area contributed by atoms with Gasteiger partial charge in [-0.05, 0) is 73.6 Å². The lowest BCUT2D eigenvalue weighted by Gasteiger charge is -2.24. The molecular weight excluding hydrogens is 350 g/mol. The Hall–Kier alpha value is -1.32. The number of thiophene rings is 1. The number of furan rings is 1. The van der Waals surface area contributed by atoms with E-state index in [1.165, 1.54) is 52.7 Å². The third kappa shape index (κ3) is 2.72. The van der Waals surface area contributed by atoms with Crippen LogP contribution in [0.1, 0.15) is 48.4 Å². The van der Waals surface area contributed by atoms with Crippen LogP contribution < -0.4 is 12.4 Å². The summed E-state index contributed by atoms with van der Waals surface area (Å²) in [6, 6.07) is 4.14. The highest BCUT2D eigenvalue weighted by Crippen LogP contribution is 2.45. The molecule has 0 bridgehead atoms. The molecule has 132 valence electrons. The quantitative estimate of drug-likeness (QED) is 0.656. The first kappa shape index (κ1) is 17.1. The maximum Gasteiger partial charge on any atom is 0.134 e. The molecular formula is C21H23ClNOS-. The topological polar surface area (TPSA) is 26.0 Å². The van der Waals surface area contributed by atoms with Crippen LogP contribution in [0.15, 0.2) is 22.8 Å². The molecule has 25 heavy (non-hydrogen) atoms. The molecule has 0 spiro atoms. The molecule has 0 aromatic carbocycles. The van der Waals surface area contributed by atoms with E-state index >= 15 is 0 Å². The van der Waals surface area contributed by atoms with Gasteiger partial charge in [0.15, 0.2) is 0 Å². The van der Waals surface area contributed by atoms with Crippen molar-refractivity contribution < 1.29 is 16.8 Å². The minimum atomic E-state index is 0. The molecule has 4 heteroatoms. The Morgan fingerprint density at radius 2 is 1.88 bits per heavy atom. The summed E-state index contributed by atoms with van der Waals surface area (Å²) in [5, 5.41) is 1.41. The Balaban J connectivity index is 0.00000157. The van der Waals surface area contributed by atoms with E-state index in [0.29, 0.717) is 0 Å². The number of rotatable bonds is 1. The van der Waals surface area contributed by atoms with E-state index in [1.807, 2.05) is 17.4 Å². The Morgan fingerprint density at radius 1 is 1.08 bits per heavy atom. The van der Waals surface area contributed by atoms with Gasteiger partial charge in [0.2, 0.25) is 0 Å². The van der Waals surface area contributed by atoms with E-state index in [2.05, 4.69) is 19.9 Å². The fourth-order valence-corrected chi connectivity index (χ4v) is 5.92. The average Bonchev–Trinajstić information content (AvgIpc) is 3.19. The van der Waals surface area contributed by atoms with Gasteiger partial charge in [-0.2, -0.15) is 0 Å². The summed E-state index contributed by atoms with van der Waals surface area (Å²) in [5.41, 5.74) is 5.70. The molecule has 3 aromatic rings. The first-order chi connectivity index (χ1) is 11.7. The maximum absolute atomic E-state index is 5.89. The monoisotopic (exact) mass is 372 g/mol. The van der Waals surface area contributed by atoms with Crippen LogP contribution in [0.2, 0.25) is 0 Å². The molecule has 3 heterocycles. The molecule has 0 saturated carbocycles. The van der Waals surface area contributed by atoms with Crippen LogP contribution in [0.25, 0.3) is 21.5 Å². The molecule has 0 fully saturated rings. The van der Waals surface area contributed by atoms with Gasteiger partial charge in [0.1, 0.15) is 10.6 Å². The van der Waals surface area contributed by atoms with Gasteiger partial charge >= 0.3 is 0 Å². The number of fused-ring (bicyclic) bond motifs is 4. The van der Waals surface area contributed by atoms with Crippen molar-refractivity contribution in [2.24, 2.45) is 11.8 Å². The van der Waals surface area contributed by atoms with Gasteiger partial charge in [-0.3, -0.25) is 0 Å². The van der Waals surface area contributed by atoms with Crippen molar-refractivity contribution in [1.29, 1.82) is 0 Å². The fourth-order valence-electron chi connectivity index (χ4n) is 4.51. The van der Waals surface area contributed by atoms with Gasteiger partial charge in [-0.1, -0.05) is 13.8 Å². The Bertz CT molecular complexity index is 912. The third-order valence-electron chi connectivity index (χ3n) is 5.82. The van der Waals surface area contributed by atoms with E-state index in [9.17, 15) is 0 Å². The summed E-state index contributed by atoms with van der Waals surface area (Å²) in [6.45, 7) is 4.74. The number of aromatic nitrogens is 1. The molecule has 2 atom stereocenters. The number of aryl methyl sites for hydroxylation is 2. The van der Waals surface area contributed by atoms with Crippen LogP contribution in [0, 0.1) is 11.8 Å². The summed E-state index contributed by atoms with van der Waals surface area (Å²) in [7, 11) is 0. The van der Waals surface area contributed by atoms with E-state index < -0.39 is 0 Å². The maximum atomic E-state index is 5.89.